The average Bonchev–Trinajstić information content (AvgIpc) is 2.23. The molecule has 0 fully saturated rings. The monoisotopic (exact) mass is 280 g/mol. The third-order valence-electron chi connectivity index (χ3n) is 2.47. The molecule has 17 heavy (non-hydrogen) atoms. The van der Waals surface area contributed by atoms with Crippen LogP contribution in [0.3, 0.4) is 0 Å². The highest BCUT2D eigenvalue weighted by atomic mass is 32.2. The maximum absolute atomic E-state index is 11.4. The van der Waals surface area contributed by atoms with Gasteiger partial charge >= 0.3 is 8.56 Å². The molecule has 0 spiro atoms. The summed E-state index contributed by atoms with van der Waals surface area (Å²) in [5, 5.41) is 11.4. The van der Waals surface area contributed by atoms with Gasteiger partial charge in [-0.1, -0.05) is 44.6 Å². The highest BCUT2D eigenvalue weighted by molar-refractivity contribution is 7.97. The maximum atomic E-state index is 11.4. The molecule has 0 aliphatic rings. The van der Waals surface area contributed by atoms with Crippen molar-refractivity contribution in [3.05, 3.63) is 5.21 Å². The van der Waals surface area contributed by atoms with Gasteiger partial charge in [-0.3, -0.25) is 0 Å². The molecular weight excluding hydrogens is 254 g/mol. The maximum Gasteiger partial charge on any atom is 0.329 e. The number of hydrogen-bond acceptors (Lipinski definition) is 5. The molecule has 0 aliphatic heterocycles. The average molecular weight is 280 g/mol. The Morgan fingerprint density at radius 3 is 2.35 bits per heavy atom. The molecular formula is C11H26NO3SSi-. The highest BCUT2D eigenvalue weighted by Crippen LogP contribution is 2.15. The van der Waals surface area contributed by atoms with Crippen LogP contribution in [0.4, 0.5) is 0 Å². The van der Waals surface area contributed by atoms with Gasteiger partial charge < -0.3 is 19.3 Å². The van der Waals surface area contributed by atoms with E-state index in [1.165, 1.54) is 37.8 Å². The second-order valence-electron chi connectivity index (χ2n) is 4.62. The molecule has 0 saturated heterocycles. The molecule has 0 aliphatic carbocycles. The summed E-state index contributed by atoms with van der Waals surface area (Å²) < 4.78 is 1.03. The smallest absolute Gasteiger partial charge is 0.329 e. The van der Waals surface area contributed by atoms with Crippen LogP contribution in [0.5, 0.6) is 0 Å². The summed E-state index contributed by atoms with van der Waals surface area (Å²) in [6, 6.07) is 0.449. The Hall–Kier alpha value is 0.407. The van der Waals surface area contributed by atoms with Crippen molar-refractivity contribution in [2.24, 2.45) is 0 Å². The number of unbranched alkanes of at least 4 members (excludes halogenated alkanes) is 4. The van der Waals surface area contributed by atoms with E-state index >= 15 is 0 Å². The van der Waals surface area contributed by atoms with Gasteiger partial charge in [0.25, 0.3) is 0 Å². The zero-order chi connectivity index (χ0) is 13.1. The van der Waals surface area contributed by atoms with Gasteiger partial charge in [-0.05, 0) is 32.0 Å². The van der Waals surface area contributed by atoms with E-state index in [2.05, 4.69) is 6.92 Å². The van der Waals surface area contributed by atoms with Crippen molar-refractivity contribution in [3.63, 3.8) is 0 Å². The third kappa shape index (κ3) is 14.3. The Balaban J connectivity index is 3.26. The second-order valence-corrected chi connectivity index (χ2v) is 8.63. The molecule has 4 nitrogen and oxygen atoms in total. The first-order valence-corrected chi connectivity index (χ1v) is 10.0. The van der Waals surface area contributed by atoms with E-state index in [4.69, 9.17) is 0 Å². The van der Waals surface area contributed by atoms with Crippen LogP contribution in [-0.2, 0) is 0 Å². The lowest BCUT2D eigenvalue weighted by Gasteiger charge is -2.26. The molecule has 0 aromatic rings. The van der Waals surface area contributed by atoms with Crippen LogP contribution in [0.2, 0.25) is 12.6 Å². The van der Waals surface area contributed by atoms with Gasteiger partial charge in [-0.25, -0.2) is 0 Å². The summed E-state index contributed by atoms with van der Waals surface area (Å²) in [6.07, 6.45) is 6.49. The quantitative estimate of drug-likeness (QED) is 0.264. The third-order valence-corrected chi connectivity index (χ3v) is 4.72. The predicted molar refractivity (Wildman–Crippen MR) is 76.8 cm³/mol. The van der Waals surface area contributed by atoms with E-state index in [0.717, 1.165) is 17.3 Å². The molecule has 0 aromatic carbocycles. The van der Waals surface area contributed by atoms with Crippen LogP contribution in [0.1, 0.15) is 45.4 Å². The fourth-order valence-corrected chi connectivity index (χ4v) is 3.32. The topological polar surface area (TPSA) is 66.8 Å². The van der Waals surface area contributed by atoms with Crippen molar-refractivity contribution in [1.82, 2.24) is 4.47 Å². The van der Waals surface area contributed by atoms with E-state index in [-0.39, 0.29) is 0 Å². The Kier molecular flexibility index (Phi) is 10.6. The fourth-order valence-electron chi connectivity index (χ4n) is 1.48. The van der Waals surface area contributed by atoms with E-state index < -0.39 is 8.56 Å². The second kappa shape index (κ2) is 10.3. The normalized spacial score (nSPS) is 12.4. The molecule has 0 bridgehead atoms. The van der Waals surface area contributed by atoms with Crippen LogP contribution < -0.4 is 0 Å². The lowest BCUT2D eigenvalue weighted by molar-refractivity contribution is 0.369. The van der Waals surface area contributed by atoms with Crippen molar-refractivity contribution in [2.75, 3.05) is 12.3 Å². The van der Waals surface area contributed by atoms with Gasteiger partial charge in [0, 0.05) is 5.75 Å². The first-order chi connectivity index (χ1) is 7.95. The summed E-state index contributed by atoms with van der Waals surface area (Å²) in [4.78, 5) is 18.4. The number of hydrogen-bond donors (Lipinski definition) is 2. The molecule has 0 atom stereocenters. The zero-order valence-corrected chi connectivity index (χ0v) is 12.8. The van der Waals surface area contributed by atoms with Crippen LogP contribution in [0.25, 0.3) is 0 Å². The Morgan fingerprint density at radius 2 is 1.76 bits per heavy atom. The van der Waals surface area contributed by atoms with Gasteiger partial charge in [0.05, 0.1) is 0 Å². The van der Waals surface area contributed by atoms with Crippen molar-refractivity contribution >= 4 is 20.5 Å². The largest absolute Gasteiger partial charge is 0.776 e. The van der Waals surface area contributed by atoms with Crippen LogP contribution in [0, 0.1) is 5.21 Å². The zero-order valence-electron chi connectivity index (χ0n) is 11.0. The van der Waals surface area contributed by atoms with Crippen LogP contribution in [0.15, 0.2) is 0 Å². The number of nitrogens with zero attached hydrogens (tertiary/aromatic N) is 1. The van der Waals surface area contributed by atoms with Crippen molar-refractivity contribution < 1.29 is 9.59 Å². The lowest BCUT2D eigenvalue weighted by Crippen LogP contribution is -2.29. The van der Waals surface area contributed by atoms with Crippen LogP contribution in [-0.4, -0.2) is 34.9 Å². The lowest BCUT2D eigenvalue weighted by atomic mass is 10.2. The summed E-state index contributed by atoms with van der Waals surface area (Å²) in [6.45, 7) is 4.26. The SMILES string of the molecule is CCCCCCCN([O-])SCCC[Si](C)(O)O. The van der Waals surface area contributed by atoms with E-state index in [1.54, 1.807) is 0 Å². The minimum absolute atomic E-state index is 0.449. The fraction of sp³-hybridized carbons (Fsp3) is 1.00. The number of rotatable bonds is 11. The summed E-state index contributed by atoms with van der Waals surface area (Å²) in [5.74, 6) is 0.683. The Bertz CT molecular complexity index is 179. The minimum Gasteiger partial charge on any atom is -0.776 e. The van der Waals surface area contributed by atoms with Gasteiger partial charge in [-0.15, -0.1) is 0 Å². The van der Waals surface area contributed by atoms with Crippen molar-refractivity contribution in [2.45, 2.75) is 58.0 Å². The summed E-state index contributed by atoms with van der Waals surface area (Å²) >= 11 is 1.26. The van der Waals surface area contributed by atoms with Gasteiger partial charge in [0.1, 0.15) is 0 Å². The summed E-state index contributed by atoms with van der Waals surface area (Å²) in [5.41, 5.74) is 0. The van der Waals surface area contributed by atoms with E-state index in [1.807, 2.05) is 0 Å². The first-order valence-electron chi connectivity index (χ1n) is 6.48. The van der Waals surface area contributed by atoms with Crippen LogP contribution >= 0.6 is 11.9 Å². The van der Waals surface area contributed by atoms with E-state index in [9.17, 15) is 14.8 Å². The molecule has 0 rings (SSSR count). The molecule has 2 N–H and O–H groups in total. The van der Waals surface area contributed by atoms with E-state index in [0.29, 0.717) is 24.8 Å². The van der Waals surface area contributed by atoms with Crippen molar-refractivity contribution in [3.8, 4) is 0 Å². The van der Waals surface area contributed by atoms with Gasteiger partial charge in [-0.2, -0.15) is 0 Å². The molecule has 0 saturated carbocycles. The molecule has 0 aromatic heterocycles. The number of hydroxylamine groups is 1. The Morgan fingerprint density at radius 1 is 1.12 bits per heavy atom. The first kappa shape index (κ1) is 17.4. The molecule has 0 unspecified atom stereocenters. The van der Waals surface area contributed by atoms with Crippen molar-refractivity contribution in [1.29, 1.82) is 0 Å². The predicted octanol–water partition coefficient (Wildman–Crippen LogP) is 2.85. The minimum atomic E-state index is -2.90. The standard InChI is InChI=1S/C11H26NO3SSi/c1-3-4-5-6-7-9-12(13)16-10-8-11-17(2,14)15/h14-15H,3-11H2,1-2H3/q-1. The molecule has 104 valence electrons. The molecule has 0 amide bonds. The molecule has 6 heteroatoms. The van der Waals surface area contributed by atoms with Gasteiger partial charge in [0.2, 0.25) is 0 Å². The highest BCUT2D eigenvalue weighted by Gasteiger charge is 2.19. The Labute approximate surface area is 110 Å². The summed E-state index contributed by atoms with van der Waals surface area (Å²) in [7, 11) is -2.90. The molecule has 0 radical (unpaired) electrons. The van der Waals surface area contributed by atoms with Gasteiger partial charge in [0.15, 0.2) is 0 Å². The molecule has 0 heterocycles.